The van der Waals surface area contributed by atoms with E-state index in [0.29, 0.717) is 17.9 Å². The lowest BCUT2D eigenvalue weighted by atomic mass is 10.0. The van der Waals surface area contributed by atoms with E-state index in [-0.39, 0.29) is 18.8 Å². The Morgan fingerprint density at radius 2 is 1.86 bits per heavy atom. The maximum Gasteiger partial charge on any atom is 0.165 e. The fourth-order valence-electron chi connectivity index (χ4n) is 3.44. The summed E-state index contributed by atoms with van der Waals surface area (Å²) in [5.74, 6) is 0.392. The monoisotopic (exact) mass is 383 g/mol. The van der Waals surface area contributed by atoms with Crippen LogP contribution >= 0.6 is 0 Å². The van der Waals surface area contributed by atoms with E-state index >= 15 is 0 Å². The third kappa shape index (κ3) is 5.05. The van der Waals surface area contributed by atoms with Gasteiger partial charge in [0.2, 0.25) is 0 Å². The number of fused-ring (bicyclic) bond motifs is 1. The van der Waals surface area contributed by atoms with Crippen molar-refractivity contribution in [2.45, 2.75) is 57.8 Å². The molecule has 2 aromatic heterocycles. The molecule has 7 heteroatoms. The molecule has 3 aromatic rings. The number of ether oxygens (including phenoxy) is 1. The first-order chi connectivity index (χ1) is 13.7. The Hall–Kier alpha value is -2.51. The molecule has 3 rings (SSSR count). The first kappa shape index (κ1) is 20.2. The summed E-state index contributed by atoms with van der Waals surface area (Å²) >= 11 is 0. The second kappa shape index (κ2) is 10.1. The zero-order valence-electron chi connectivity index (χ0n) is 16.4. The summed E-state index contributed by atoms with van der Waals surface area (Å²) in [5, 5.41) is 8.98. The standard InChI is InChI=1S/C21H29N5O2/c1-16(28-13-17-9-5-4-6-10-17)18(11-7-2-3-8-12-27)26-15-25-19-20(22)23-14-24-21(19)26/h4-6,9-10,14-16,18,27H,2-3,7-8,11-13H2,1H3,(H2,22,23,24)/t16-,18+/m0/s1. The maximum absolute atomic E-state index is 8.98. The first-order valence-corrected chi connectivity index (χ1v) is 9.90. The summed E-state index contributed by atoms with van der Waals surface area (Å²) in [6, 6.07) is 10.3. The van der Waals surface area contributed by atoms with Crippen LogP contribution in [0.15, 0.2) is 43.0 Å². The van der Waals surface area contributed by atoms with E-state index in [0.717, 1.165) is 43.3 Å². The number of nitrogens with two attached hydrogens (primary N) is 1. The highest BCUT2D eigenvalue weighted by molar-refractivity contribution is 5.81. The smallest absolute Gasteiger partial charge is 0.165 e. The van der Waals surface area contributed by atoms with Crippen molar-refractivity contribution in [2.75, 3.05) is 12.3 Å². The third-order valence-corrected chi connectivity index (χ3v) is 5.05. The Bertz CT molecular complexity index is 852. The maximum atomic E-state index is 8.98. The van der Waals surface area contributed by atoms with Crippen LogP contribution in [0.1, 0.15) is 50.6 Å². The highest BCUT2D eigenvalue weighted by Gasteiger charge is 2.23. The second-order valence-corrected chi connectivity index (χ2v) is 7.08. The number of aliphatic hydroxyl groups excluding tert-OH is 1. The largest absolute Gasteiger partial charge is 0.396 e. The van der Waals surface area contributed by atoms with E-state index in [4.69, 9.17) is 15.6 Å². The van der Waals surface area contributed by atoms with Gasteiger partial charge in [-0.2, -0.15) is 0 Å². The zero-order valence-corrected chi connectivity index (χ0v) is 16.4. The predicted molar refractivity (Wildman–Crippen MR) is 110 cm³/mol. The van der Waals surface area contributed by atoms with Gasteiger partial charge < -0.3 is 20.1 Å². The lowest BCUT2D eigenvalue weighted by molar-refractivity contribution is 0.0150. The number of anilines is 1. The van der Waals surface area contributed by atoms with Crippen LogP contribution in [0.5, 0.6) is 0 Å². The van der Waals surface area contributed by atoms with Crippen molar-refractivity contribution < 1.29 is 9.84 Å². The number of nitrogen functional groups attached to an aromatic ring is 1. The molecular weight excluding hydrogens is 354 g/mol. The van der Waals surface area contributed by atoms with Crippen molar-refractivity contribution in [3.63, 3.8) is 0 Å². The van der Waals surface area contributed by atoms with E-state index in [1.54, 1.807) is 6.33 Å². The molecule has 0 radical (unpaired) electrons. The van der Waals surface area contributed by atoms with Gasteiger partial charge in [0, 0.05) is 6.61 Å². The predicted octanol–water partition coefficient (Wildman–Crippen LogP) is 3.50. The molecule has 150 valence electrons. The van der Waals surface area contributed by atoms with Gasteiger partial charge in [0.05, 0.1) is 25.1 Å². The highest BCUT2D eigenvalue weighted by atomic mass is 16.5. The molecule has 0 bridgehead atoms. The summed E-state index contributed by atoms with van der Waals surface area (Å²) in [6.07, 6.45) is 8.18. The van der Waals surface area contributed by atoms with Crippen LogP contribution in [0.3, 0.4) is 0 Å². The van der Waals surface area contributed by atoms with Gasteiger partial charge in [0.1, 0.15) is 11.8 Å². The third-order valence-electron chi connectivity index (χ3n) is 5.05. The van der Waals surface area contributed by atoms with E-state index < -0.39 is 0 Å². The summed E-state index contributed by atoms with van der Waals surface area (Å²) < 4.78 is 8.27. The lowest BCUT2D eigenvalue weighted by Gasteiger charge is -2.26. The number of aliphatic hydroxyl groups is 1. The van der Waals surface area contributed by atoms with Crippen molar-refractivity contribution in [1.29, 1.82) is 0 Å². The molecule has 0 aliphatic rings. The van der Waals surface area contributed by atoms with Crippen LogP contribution in [-0.4, -0.2) is 37.3 Å². The molecule has 2 atom stereocenters. The van der Waals surface area contributed by atoms with E-state index in [1.165, 1.54) is 6.33 Å². The number of nitrogens with zero attached hydrogens (tertiary/aromatic N) is 4. The molecule has 0 saturated heterocycles. The van der Waals surface area contributed by atoms with Gasteiger partial charge in [0.15, 0.2) is 11.5 Å². The minimum Gasteiger partial charge on any atom is -0.396 e. The molecule has 0 amide bonds. The summed E-state index contributed by atoms with van der Waals surface area (Å²) in [5.41, 5.74) is 8.47. The Labute approximate surface area is 165 Å². The van der Waals surface area contributed by atoms with Gasteiger partial charge in [-0.1, -0.05) is 49.6 Å². The van der Waals surface area contributed by atoms with Crippen LogP contribution in [0.25, 0.3) is 11.2 Å². The van der Waals surface area contributed by atoms with E-state index in [2.05, 4.69) is 38.6 Å². The van der Waals surface area contributed by atoms with E-state index in [1.807, 2.05) is 18.2 Å². The average molecular weight is 383 g/mol. The fraction of sp³-hybridized carbons (Fsp3) is 0.476. The zero-order chi connectivity index (χ0) is 19.8. The van der Waals surface area contributed by atoms with Gasteiger partial charge >= 0.3 is 0 Å². The SMILES string of the molecule is C[C@H](OCc1ccccc1)[C@@H](CCCCCCO)n1cnc2c(N)ncnc21. The molecule has 0 aliphatic heterocycles. The molecule has 0 aliphatic carbocycles. The molecule has 3 N–H and O–H groups in total. The number of hydrogen-bond acceptors (Lipinski definition) is 6. The van der Waals surface area contributed by atoms with Crippen LogP contribution < -0.4 is 5.73 Å². The van der Waals surface area contributed by atoms with Crippen LogP contribution in [0.4, 0.5) is 5.82 Å². The van der Waals surface area contributed by atoms with Crippen molar-refractivity contribution in [3.8, 4) is 0 Å². The van der Waals surface area contributed by atoms with Gasteiger partial charge in [-0.05, 0) is 25.3 Å². The highest BCUT2D eigenvalue weighted by Crippen LogP contribution is 2.27. The average Bonchev–Trinajstić information content (AvgIpc) is 3.15. The normalized spacial score (nSPS) is 13.6. The molecule has 0 saturated carbocycles. The fourth-order valence-corrected chi connectivity index (χ4v) is 3.44. The number of unbranched alkanes of at least 4 members (excludes halogenated alkanes) is 3. The Kier molecular flexibility index (Phi) is 7.33. The van der Waals surface area contributed by atoms with Gasteiger partial charge in [-0.15, -0.1) is 0 Å². The molecule has 0 spiro atoms. The van der Waals surface area contributed by atoms with Crippen molar-refractivity contribution in [2.24, 2.45) is 0 Å². The van der Waals surface area contributed by atoms with Gasteiger partial charge in [-0.25, -0.2) is 15.0 Å². The van der Waals surface area contributed by atoms with Crippen molar-refractivity contribution in [1.82, 2.24) is 19.5 Å². The van der Waals surface area contributed by atoms with Crippen molar-refractivity contribution >= 4 is 17.0 Å². The van der Waals surface area contributed by atoms with Crippen LogP contribution in [0, 0.1) is 0 Å². The molecule has 7 nitrogen and oxygen atoms in total. The minimum atomic E-state index is -0.0216. The number of imidazole rings is 1. The van der Waals surface area contributed by atoms with Gasteiger partial charge in [0.25, 0.3) is 0 Å². The summed E-state index contributed by atoms with van der Waals surface area (Å²) in [6.45, 7) is 2.91. The number of benzene rings is 1. The summed E-state index contributed by atoms with van der Waals surface area (Å²) in [7, 11) is 0. The number of rotatable bonds is 11. The van der Waals surface area contributed by atoms with Crippen LogP contribution in [-0.2, 0) is 11.3 Å². The molecule has 0 fully saturated rings. The number of aromatic nitrogens is 4. The second-order valence-electron chi connectivity index (χ2n) is 7.08. The Morgan fingerprint density at radius 1 is 1.07 bits per heavy atom. The van der Waals surface area contributed by atoms with Crippen molar-refractivity contribution in [3.05, 3.63) is 48.5 Å². The minimum absolute atomic E-state index is 0.0216. The first-order valence-electron chi connectivity index (χ1n) is 9.90. The van der Waals surface area contributed by atoms with Gasteiger partial charge in [-0.3, -0.25) is 0 Å². The molecule has 0 unspecified atom stereocenters. The Balaban J connectivity index is 1.74. The topological polar surface area (TPSA) is 99.1 Å². The number of hydrogen-bond donors (Lipinski definition) is 2. The quantitative estimate of drug-likeness (QED) is 0.492. The molecule has 28 heavy (non-hydrogen) atoms. The summed E-state index contributed by atoms with van der Waals surface area (Å²) in [4.78, 5) is 12.9. The lowest BCUT2D eigenvalue weighted by Crippen LogP contribution is -2.24. The molecule has 1 aromatic carbocycles. The van der Waals surface area contributed by atoms with Crippen LogP contribution in [0.2, 0.25) is 0 Å². The Morgan fingerprint density at radius 3 is 2.64 bits per heavy atom. The molecular formula is C21H29N5O2. The molecule has 2 heterocycles. The van der Waals surface area contributed by atoms with E-state index in [9.17, 15) is 0 Å².